The van der Waals surface area contributed by atoms with Gasteiger partial charge in [-0.2, -0.15) is 0 Å². The second-order valence-electron chi connectivity index (χ2n) is 5.46. The molecule has 0 fully saturated rings. The number of Topliss-reactive ketones (excluding diaryl/α,β-unsaturated/α-hetero) is 2. The quantitative estimate of drug-likeness (QED) is 0.611. The van der Waals surface area contributed by atoms with Crippen LogP contribution in [0.15, 0.2) is 33.7 Å². The van der Waals surface area contributed by atoms with E-state index in [-0.39, 0.29) is 44.2 Å². The summed E-state index contributed by atoms with van der Waals surface area (Å²) in [5.74, 6) is -0.774. The lowest BCUT2D eigenvalue weighted by Gasteiger charge is -2.19. The predicted molar refractivity (Wildman–Crippen MR) is 85.2 cm³/mol. The molecule has 0 amide bonds. The predicted octanol–water partition coefficient (Wildman–Crippen LogP) is 3.42. The highest BCUT2D eigenvalue weighted by atomic mass is 35.5. The van der Waals surface area contributed by atoms with E-state index in [0.717, 1.165) is 6.26 Å². The number of allylic oxidation sites excluding steroid dienone is 2. The number of benzene rings is 1. The number of ketones is 2. The first-order valence-electron chi connectivity index (χ1n) is 6.57. The minimum Gasteiger partial charge on any atom is -0.294 e. The van der Waals surface area contributed by atoms with Crippen LogP contribution in [0.2, 0.25) is 5.02 Å². The summed E-state index contributed by atoms with van der Waals surface area (Å²) < 4.78 is 23.0. The van der Waals surface area contributed by atoms with Crippen LogP contribution in [-0.4, -0.2) is 26.2 Å². The average Bonchev–Trinajstić information content (AvgIpc) is 2.35. The third kappa shape index (κ3) is 3.42. The summed E-state index contributed by atoms with van der Waals surface area (Å²) in [5.41, 5.74) is 0.0268. The second-order valence-corrected chi connectivity index (χ2v) is 8.34. The zero-order chi connectivity index (χ0) is 16.7. The van der Waals surface area contributed by atoms with Crippen molar-refractivity contribution in [2.75, 3.05) is 6.26 Å². The van der Waals surface area contributed by atoms with Gasteiger partial charge in [-0.25, -0.2) is 8.42 Å². The van der Waals surface area contributed by atoms with Crippen LogP contribution in [-0.2, 0) is 14.6 Å². The van der Waals surface area contributed by atoms with Gasteiger partial charge in [-0.05, 0) is 30.5 Å². The highest BCUT2D eigenvalue weighted by Gasteiger charge is 2.30. The molecule has 0 aromatic heterocycles. The van der Waals surface area contributed by atoms with E-state index in [2.05, 4.69) is 0 Å². The van der Waals surface area contributed by atoms with Gasteiger partial charge in [0.25, 0.3) is 0 Å². The van der Waals surface area contributed by atoms with E-state index in [4.69, 9.17) is 23.2 Å². The maximum absolute atomic E-state index is 12.5. The lowest BCUT2D eigenvalue weighted by molar-refractivity contribution is -0.116. The topological polar surface area (TPSA) is 68.3 Å². The Morgan fingerprint density at radius 1 is 1.23 bits per heavy atom. The Balaban J connectivity index is 2.47. The summed E-state index contributed by atoms with van der Waals surface area (Å²) in [6, 6.07) is 3.80. The van der Waals surface area contributed by atoms with E-state index in [1.54, 1.807) is 0 Å². The fraction of sp³-hybridized carbons (Fsp3) is 0.333. The van der Waals surface area contributed by atoms with Gasteiger partial charge in [0.2, 0.25) is 0 Å². The fourth-order valence-corrected chi connectivity index (χ4v) is 3.78. The summed E-state index contributed by atoms with van der Waals surface area (Å²) in [6.45, 7) is 1.88. The Morgan fingerprint density at radius 3 is 2.36 bits per heavy atom. The molecule has 0 heterocycles. The molecule has 1 aromatic rings. The van der Waals surface area contributed by atoms with Crippen LogP contribution in [0.3, 0.4) is 0 Å². The van der Waals surface area contributed by atoms with Gasteiger partial charge >= 0.3 is 0 Å². The molecule has 0 spiro atoms. The molecule has 2 rings (SSSR count). The Bertz CT molecular complexity index is 794. The SMILES string of the molecule is CC1CC(=O)C(C(=O)c2ccc(S(C)(=O)=O)cc2Cl)=C(Cl)C1. The molecule has 1 aliphatic rings. The number of carbonyl (C=O) groups is 2. The largest absolute Gasteiger partial charge is 0.294 e. The first kappa shape index (κ1) is 17.2. The third-order valence-corrected chi connectivity index (χ3v) is 5.22. The first-order valence-corrected chi connectivity index (χ1v) is 9.22. The van der Waals surface area contributed by atoms with Gasteiger partial charge in [-0.1, -0.05) is 30.1 Å². The zero-order valence-corrected chi connectivity index (χ0v) is 14.3. The fourth-order valence-electron chi connectivity index (χ4n) is 2.35. The molecule has 118 valence electrons. The Labute approximate surface area is 139 Å². The molecule has 0 aliphatic heterocycles. The van der Waals surface area contributed by atoms with Crippen molar-refractivity contribution in [3.8, 4) is 0 Å². The molecule has 0 saturated carbocycles. The molecule has 7 heteroatoms. The number of sulfone groups is 1. The van der Waals surface area contributed by atoms with Crippen LogP contribution in [0, 0.1) is 5.92 Å². The van der Waals surface area contributed by atoms with Crippen LogP contribution in [0.5, 0.6) is 0 Å². The average molecular weight is 361 g/mol. The molecule has 22 heavy (non-hydrogen) atoms. The summed E-state index contributed by atoms with van der Waals surface area (Å²) in [5, 5.41) is 0.216. The molecule has 1 atom stereocenters. The first-order chi connectivity index (χ1) is 10.1. The third-order valence-electron chi connectivity index (χ3n) is 3.45. The Morgan fingerprint density at radius 2 is 1.86 bits per heavy atom. The van der Waals surface area contributed by atoms with Crippen LogP contribution in [0.1, 0.15) is 30.1 Å². The Hall–Kier alpha value is -1.17. The van der Waals surface area contributed by atoms with Crippen molar-refractivity contribution in [3.63, 3.8) is 0 Å². The summed E-state index contributed by atoms with van der Waals surface area (Å²) in [4.78, 5) is 24.6. The molecule has 1 aromatic carbocycles. The standard InChI is InChI=1S/C15H14Cl2O4S/c1-8-5-12(17)14(13(18)6-8)15(19)10-4-3-9(7-11(10)16)22(2,20)21/h3-4,7-8H,5-6H2,1-2H3. The summed E-state index contributed by atoms with van der Waals surface area (Å²) in [7, 11) is -3.42. The monoisotopic (exact) mass is 360 g/mol. The van der Waals surface area contributed by atoms with Crippen LogP contribution in [0.25, 0.3) is 0 Å². The van der Waals surface area contributed by atoms with Gasteiger partial charge in [0, 0.05) is 23.3 Å². The Kier molecular flexibility index (Phi) is 4.80. The lowest BCUT2D eigenvalue weighted by atomic mass is 9.86. The van der Waals surface area contributed by atoms with E-state index in [0.29, 0.717) is 6.42 Å². The number of hydrogen-bond acceptors (Lipinski definition) is 4. The van der Waals surface area contributed by atoms with Gasteiger partial charge in [0.15, 0.2) is 21.4 Å². The van der Waals surface area contributed by atoms with Crippen molar-refractivity contribution < 1.29 is 18.0 Å². The van der Waals surface area contributed by atoms with Gasteiger partial charge in [0.05, 0.1) is 15.5 Å². The van der Waals surface area contributed by atoms with Crippen molar-refractivity contribution >= 4 is 44.6 Å². The molecular formula is C15H14Cl2O4S. The van der Waals surface area contributed by atoms with Gasteiger partial charge in [0.1, 0.15) is 0 Å². The summed E-state index contributed by atoms with van der Waals surface area (Å²) >= 11 is 12.1. The molecule has 0 radical (unpaired) electrons. The summed E-state index contributed by atoms with van der Waals surface area (Å²) in [6.07, 6.45) is 1.77. The highest BCUT2D eigenvalue weighted by molar-refractivity contribution is 7.90. The van der Waals surface area contributed by atoms with Crippen molar-refractivity contribution in [2.45, 2.75) is 24.7 Å². The zero-order valence-electron chi connectivity index (χ0n) is 12.0. The number of hydrogen-bond donors (Lipinski definition) is 0. The molecule has 4 nitrogen and oxygen atoms in total. The number of halogens is 2. The normalized spacial score (nSPS) is 19.5. The van der Waals surface area contributed by atoms with Gasteiger partial charge in [-0.15, -0.1) is 0 Å². The van der Waals surface area contributed by atoms with E-state index in [9.17, 15) is 18.0 Å². The molecule has 1 aliphatic carbocycles. The van der Waals surface area contributed by atoms with E-state index in [1.807, 2.05) is 6.92 Å². The smallest absolute Gasteiger partial charge is 0.199 e. The van der Waals surface area contributed by atoms with Crippen LogP contribution < -0.4 is 0 Å². The minimum absolute atomic E-state index is 0.0118. The molecule has 1 unspecified atom stereocenters. The number of rotatable bonds is 3. The van der Waals surface area contributed by atoms with Crippen molar-refractivity contribution in [2.24, 2.45) is 5.92 Å². The highest BCUT2D eigenvalue weighted by Crippen LogP contribution is 2.33. The van der Waals surface area contributed by atoms with Crippen LogP contribution in [0.4, 0.5) is 0 Å². The molecule has 0 bridgehead atoms. The van der Waals surface area contributed by atoms with Gasteiger partial charge in [-0.3, -0.25) is 9.59 Å². The van der Waals surface area contributed by atoms with Crippen molar-refractivity contribution in [1.82, 2.24) is 0 Å². The van der Waals surface area contributed by atoms with E-state index < -0.39 is 15.6 Å². The van der Waals surface area contributed by atoms with Gasteiger partial charge < -0.3 is 0 Å². The maximum Gasteiger partial charge on any atom is 0.199 e. The lowest BCUT2D eigenvalue weighted by Crippen LogP contribution is -2.22. The van der Waals surface area contributed by atoms with Crippen molar-refractivity contribution in [1.29, 1.82) is 0 Å². The maximum atomic E-state index is 12.5. The minimum atomic E-state index is -3.42. The second kappa shape index (κ2) is 6.14. The van der Waals surface area contributed by atoms with E-state index in [1.165, 1.54) is 18.2 Å². The molecule has 0 N–H and O–H groups in total. The van der Waals surface area contributed by atoms with Crippen molar-refractivity contribution in [3.05, 3.63) is 39.4 Å². The molecular weight excluding hydrogens is 347 g/mol. The molecule has 0 saturated heterocycles. The van der Waals surface area contributed by atoms with E-state index >= 15 is 0 Å². The van der Waals surface area contributed by atoms with Crippen LogP contribution >= 0.6 is 23.2 Å². The number of carbonyl (C=O) groups excluding carboxylic acids is 2.